The van der Waals surface area contributed by atoms with Gasteiger partial charge in [0.15, 0.2) is 23.2 Å². The quantitative estimate of drug-likeness (QED) is 0.504. The minimum atomic E-state index is -0.723. The predicted octanol–water partition coefficient (Wildman–Crippen LogP) is 6.03. The monoisotopic (exact) mass is 403 g/mol. The number of ether oxygens (including phenoxy) is 2. The molecule has 6 heteroatoms. The summed E-state index contributed by atoms with van der Waals surface area (Å²) in [4.78, 5) is 3.96. The number of hydrogen-bond acceptors (Lipinski definition) is 3. The Labute approximate surface area is 168 Å². The first-order valence-corrected chi connectivity index (χ1v) is 9.55. The Bertz CT molecular complexity index is 930. The molecule has 1 aromatic heterocycles. The molecule has 154 valence electrons. The van der Waals surface area contributed by atoms with Crippen molar-refractivity contribution < 1.29 is 22.6 Å². The van der Waals surface area contributed by atoms with Gasteiger partial charge in [-0.15, -0.1) is 6.58 Å². The van der Waals surface area contributed by atoms with Crippen LogP contribution in [-0.2, 0) is 6.42 Å². The van der Waals surface area contributed by atoms with Crippen LogP contribution in [-0.4, -0.2) is 18.7 Å². The molecule has 0 fully saturated rings. The normalized spacial score (nSPS) is 13.7. The van der Waals surface area contributed by atoms with Gasteiger partial charge < -0.3 is 9.47 Å². The van der Waals surface area contributed by atoms with E-state index in [4.69, 9.17) is 9.47 Å². The molecule has 3 nitrogen and oxygen atoms in total. The van der Waals surface area contributed by atoms with E-state index in [-0.39, 0.29) is 18.2 Å². The van der Waals surface area contributed by atoms with E-state index in [9.17, 15) is 13.2 Å². The second kappa shape index (κ2) is 9.16. The Morgan fingerprint density at radius 3 is 2.45 bits per heavy atom. The second-order valence-corrected chi connectivity index (χ2v) is 7.29. The number of pyridine rings is 1. The van der Waals surface area contributed by atoms with Gasteiger partial charge in [-0.3, -0.25) is 0 Å². The molecular weight excluding hydrogens is 379 g/mol. The molecule has 1 aliphatic rings. The molecule has 0 bridgehead atoms. The summed E-state index contributed by atoms with van der Waals surface area (Å²) in [6, 6.07) is 3.96. The van der Waals surface area contributed by atoms with Crippen molar-refractivity contribution in [1.82, 2.24) is 4.98 Å². The Kier molecular flexibility index (Phi) is 6.62. The number of rotatable bonds is 8. The highest BCUT2D eigenvalue weighted by atomic mass is 19.1. The Morgan fingerprint density at radius 1 is 1.10 bits per heavy atom. The molecule has 1 heterocycles. The zero-order valence-corrected chi connectivity index (χ0v) is 16.7. The highest BCUT2D eigenvalue weighted by Crippen LogP contribution is 2.35. The van der Waals surface area contributed by atoms with Gasteiger partial charge in [0.2, 0.25) is 5.88 Å². The number of hydrogen-bond donors (Lipinski definition) is 0. The topological polar surface area (TPSA) is 31.4 Å². The maximum absolute atomic E-state index is 14.4. The fourth-order valence-corrected chi connectivity index (χ4v) is 3.47. The van der Waals surface area contributed by atoms with Crippen LogP contribution in [0.4, 0.5) is 13.2 Å². The third-order valence-electron chi connectivity index (χ3n) is 4.97. The van der Waals surface area contributed by atoms with Crippen LogP contribution in [0.1, 0.15) is 43.7 Å². The molecule has 0 aliphatic heterocycles. The molecule has 0 saturated carbocycles. The largest absolute Gasteiger partial charge is 0.483 e. The predicted molar refractivity (Wildman–Crippen MR) is 107 cm³/mol. The van der Waals surface area contributed by atoms with Gasteiger partial charge in [0, 0.05) is 6.20 Å². The molecule has 2 aromatic rings. The molecule has 0 atom stereocenters. The molecule has 0 saturated heterocycles. The van der Waals surface area contributed by atoms with Crippen molar-refractivity contribution >= 4 is 5.57 Å². The molecule has 0 N–H and O–H groups in total. The van der Waals surface area contributed by atoms with Gasteiger partial charge in [-0.1, -0.05) is 5.57 Å². The molecule has 0 radical (unpaired) electrons. The summed E-state index contributed by atoms with van der Waals surface area (Å²) >= 11 is 0. The van der Waals surface area contributed by atoms with Gasteiger partial charge in [-0.2, -0.15) is 0 Å². The van der Waals surface area contributed by atoms with E-state index in [0.29, 0.717) is 24.0 Å². The van der Waals surface area contributed by atoms with Gasteiger partial charge in [-0.05, 0) is 79.5 Å². The molecule has 1 aliphatic carbocycles. The highest BCUT2D eigenvalue weighted by molar-refractivity contribution is 5.70. The van der Waals surface area contributed by atoms with E-state index in [1.54, 1.807) is 6.20 Å². The number of benzene rings is 1. The van der Waals surface area contributed by atoms with Crippen molar-refractivity contribution in [1.29, 1.82) is 0 Å². The van der Waals surface area contributed by atoms with E-state index in [1.165, 1.54) is 25.3 Å². The lowest BCUT2D eigenvalue weighted by molar-refractivity contribution is 0.310. The van der Waals surface area contributed by atoms with Gasteiger partial charge in [0.25, 0.3) is 0 Å². The molecule has 0 unspecified atom stereocenters. The van der Waals surface area contributed by atoms with E-state index < -0.39 is 17.5 Å². The van der Waals surface area contributed by atoms with Crippen LogP contribution in [0, 0.1) is 17.5 Å². The molecule has 3 rings (SSSR count). The maximum atomic E-state index is 14.4. The minimum Gasteiger partial charge on any atom is -0.483 e. The molecule has 1 aromatic carbocycles. The number of aryl methyl sites for hydroxylation is 1. The summed E-state index contributed by atoms with van der Waals surface area (Å²) in [5.41, 5.74) is 3.95. The zero-order chi connectivity index (χ0) is 21.0. The summed E-state index contributed by atoms with van der Waals surface area (Å²) < 4.78 is 53.1. The van der Waals surface area contributed by atoms with E-state index >= 15 is 0 Å². The van der Waals surface area contributed by atoms with Crippen LogP contribution < -0.4 is 9.47 Å². The minimum absolute atomic E-state index is 0.0436. The van der Waals surface area contributed by atoms with Crippen LogP contribution in [0.5, 0.6) is 11.6 Å². The Balaban J connectivity index is 1.77. The van der Waals surface area contributed by atoms with Gasteiger partial charge in [0.05, 0.1) is 7.11 Å². The highest BCUT2D eigenvalue weighted by Gasteiger charge is 2.20. The SMILES string of the molecule is C=C(C)CCc1cc(F)c(OCC2=C(c3cnc(OC)c(F)c3)CCC2)c(F)c1. The molecule has 0 amide bonds. The lowest BCUT2D eigenvalue weighted by atomic mass is 10.0. The van der Waals surface area contributed by atoms with E-state index in [2.05, 4.69) is 11.6 Å². The van der Waals surface area contributed by atoms with Crippen LogP contribution in [0.25, 0.3) is 5.57 Å². The summed E-state index contributed by atoms with van der Waals surface area (Å²) in [5, 5.41) is 0. The van der Waals surface area contributed by atoms with Gasteiger partial charge in [0.1, 0.15) is 6.61 Å². The van der Waals surface area contributed by atoms with Crippen LogP contribution in [0.3, 0.4) is 0 Å². The lowest BCUT2D eigenvalue weighted by Gasteiger charge is -2.13. The average molecular weight is 403 g/mol. The number of halogens is 3. The van der Waals surface area contributed by atoms with Crippen molar-refractivity contribution in [3.8, 4) is 11.6 Å². The second-order valence-electron chi connectivity index (χ2n) is 7.29. The van der Waals surface area contributed by atoms with Crippen molar-refractivity contribution in [2.24, 2.45) is 0 Å². The third-order valence-corrected chi connectivity index (χ3v) is 4.97. The Morgan fingerprint density at radius 2 is 1.83 bits per heavy atom. The Hall–Kier alpha value is -2.76. The first-order chi connectivity index (χ1) is 13.9. The lowest BCUT2D eigenvalue weighted by Crippen LogP contribution is -2.05. The zero-order valence-electron chi connectivity index (χ0n) is 16.7. The molecule has 29 heavy (non-hydrogen) atoms. The number of allylic oxidation sites excluding steroid dienone is 2. The van der Waals surface area contributed by atoms with Crippen molar-refractivity contribution in [3.63, 3.8) is 0 Å². The smallest absolute Gasteiger partial charge is 0.250 e. The van der Waals surface area contributed by atoms with Crippen LogP contribution >= 0.6 is 0 Å². The first kappa shape index (κ1) is 21.0. The summed E-state index contributed by atoms with van der Waals surface area (Å²) in [5.74, 6) is -2.45. The van der Waals surface area contributed by atoms with Gasteiger partial charge >= 0.3 is 0 Å². The molecule has 0 spiro atoms. The summed E-state index contributed by atoms with van der Waals surface area (Å²) in [6.07, 6.45) is 5.06. The average Bonchev–Trinajstić information content (AvgIpc) is 3.14. The van der Waals surface area contributed by atoms with E-state index in [1.807, 2.05) is 6.92 Å². The fraction of sp³-hybridized carbons (Fsp3) is 0.348. The fourth-order valence-electron chi connectivity index (χ4n) is 3.47. The van der Waals surface area contributed by atoms with Crippen LogP contribution in [0.15, 0.2) is 42.1 Å². The number of aromatic nitrogens is 1. The molecular formula is C23H24F3NO2. The van der Waals surface area contributed by atoms with Gasteiger partial charge in [-0.25, -0.2) is 18.2 Å². The van der Waals surface area contributed by atoms with Crippen LogP contribution in [0.2, 0.25) is 0 Å². The van der Waals surface area contributed by atoms with Crippen molar-refractivity contribution in [3.05, 3.63) is 70.7 Å². The number of nitrogens with zero attached hydrogens (tertiary/aromatic N) is 1. The maximum Gasteiger partial charge on any atom is 0.250 e. The summed E-state index contributed by atoms with van der Waals surface area (Å²) in [6.45, 7) is 5.72. The van der Waals surface area contributed by atoms with Crippen molar-refractivity contribution in [2.75, 3.05) is 13.7 Å². The third kappa shape index (κ3) is 5.00. The standard InChI is InChI=1S/C23H24F3NO2/c1-14(2)7-8-15-9-19(24)22(20(25)10-15)29-13-16-5-4-6-18(16)17-11-21(26)23(28-3)27-12-17/h9-12H,1,4-8,13H2,2-3H3. The van der Waals surface area contributed by atoms with Crippen molar-refractivity contribution in [2.45, 2.75) is 39.0 Å². The van der Waals surface area contributed by atoms with E-state index in [0.717, 1.165) is 36.0 Å². The summed E-state index contributed by atoms with van der Waals surface area (Å²) in [7, 11) is 1.35. The first-order valence-electron chi connectivity index (χ1n) is 9.55. The number of methoxy groups -OCH3 is 1.